The van der Waals surface area contributed by atoms with Gasteiger partial charge in [-0.3, -0.25) is 9.79 Å². The molecule has 28 heavy (non-hydrogen) atoms. The molecule has 0 radical (unpaired) electrons. The maximum atomic E-state index is 12.5. The molecule has 6 heteroatoms. The predicted molar refractivity (Wildman–Crippen MR) is 126 cm³/mol. The van der Waals surface area contributed by atoms with Gasteiger partial charge in [0.1, 0.15) is 0 Å². The van der Waals surface area contributed by atoms with Crippen molar-refractivity contribution in [3.8, 4) is 0 Å². The second-order valence-electron chi connectivity index (χ2n) is 7.95. The topological polar surface area (TPSA) is 56.7 Å². The van der Waals surface area contributed by atoms with Gasteiger partial charge in [0.25, 0.3) is 0 Å². The first-order valence-corrected chi connectivity index (χ1v) is 10.5. The number of rotatable bonds is 8. The standard InChI is InChI=1S/C22H34N4O.HI/c1-3-22(12-8-13-22)17-25-21(23-4-2)24-14-7-11-20(27)26-15-18-9-5-6-10-19(18)16-26;/h5-6,9-10H,3-4,7-8,11-17H2,1-2H3,(H2,23,24,25);1H. The molecular formula is C22H35IN4O. The van der Waals surface area contributed by atoms with Gasteiger partial charge >= 0.3 is 0 Å². The number of nitrogens with zero attached hydrogens (tertiary/aromatic N) is 2. The molecule has 0 unspecified atom stereocenters. The number of nitrogens with one attached hydrogen (secondary N) is 2. The van der Waals surface area contributed by atoms with Gasteiger partial charge in [-0.2, -0.15) is 0 Å². The molecule has 5 nitrogen and oxygen atoms in total. The highest BCUT2D eigenvalue weighted by molar-refractivity contribution is 14.0. The quantitative estimate of drug-likeness (QED) is 0.246. The zero-order valence-corrected chi connectivity index (χ0v) is 19.6. The fraction of sp³-hybridized carbons (Fsp3) is 0.636. The van der Waals surface area contributed by atoms with Gasteiger partial charge in [-0.15, -0.1) is 24.0 Å². The Labute approximate surface area is 186 Å². The Kier molecular flexibility index (Phi) is 9.05. The molecule has 1 aromatic rings. The Bertz CT molecular complexity index is 642. The fourth-order valence-electron chi connectivity index (χ4n) is 4.00. The molecular weight excluding hydrogens is 463 g/mol. The Morgan fingerprint density at radius 2 is 1.82 bits per heavy atom. The maximum Gasteiger partial charge on any atom is 0.223 e. The molecule has 1 aromatic carbocycles. The van der Waals surface area contributed by atoms with E-state index in [1.807, 2.05) is 17.0 Å². The monoisotopic (exact) mass is 498 g/mol. The molecule has 1 amide bonds. The summed E-state index contributed by atoms with van der Waals surface area (Å²) in [5.74, 6) is 1.13. The van der Waals surface area contributed by atoms with Crippen LogP contribution < -0.4 is 10.6 Å². The van der Waals surface area contributed by atoms with E-state index in [-0.39, 0.29) is 29.9 Å². The molecule has 2 aliphatic rings. The highest BCUT2D eigenvalue weighted by atomic mass is 127. The molecule has 1 aliphatic carbocycles. The summed E-state index contributed by atoms with van der Waals surface area (Å²) in [7, 11) is 0. The van der Waals surface area contributed by atoms with E-state index in [0.717, 1.165) is 45.1 Å². The van der Waals surface area contributed by atoms with Gasteiger partial charge < -0.3 is 15.5 Å². The summed E-state index contributed by atoms with van der Waals surface area (Å²) in [6, 6.07) is 8.33. The van der Waals surface area contributed by atoms with E-state index >= 15 is 0 Å². The van der Waals surface area contributed by atoms with Crippen LogP contribution in [0.1, 0.15) is 63.5 Å². The molecule has 3 rings (SSSR count). The summed E-state index contributed by atoms with van der Waals surface area (Å²) >= 11 is 0. The van der Waals surface area contributed by atoms with Gasteiger partial charge in [0.15, 0.2) is 5.96 Å². The third kappa shape index (κ3) is 5.84. The number of halogens is 1. The third-order valence-corrected chi connectivity index (χ3v) is 6.13. The normalized spacial score (nSPS) is 17.4. The van der Waals surface area contributed by atoms with E-state index < -0.39 is 0 Å². The summed E-state index contributed by atoms with van der Waals surface area (Å²) < 4.78 is 0. The summed E-state index contributed by atoms with van der Waals surface area (Å²) in [6.45, 7) is 8.41. The van der Waals surface area contributed by atoms with E-state index in [2.05, 4.69) is 36.6 Å². The zero-order chi connectivity index (χ0) is 19.1. The van der Waals surface area contributed by atoms with E-state index in [1.54, 1.807) is 0 Å². The Balaban J connectivity index is 0.00000280. The molecule has 1 fully saturated rings. The van der Waals surface area contributed by atoms with Crippen molar-refractivity contribution in [1.29, 1.82) is 0 Å². The Morgan fingerprint density at radius 1 is 1.14 bits per heavy atom. The summed E-state index contributed by atoms with van der Waals surface area (Å²) in [6.07, 6.45) is 6.57. The lowest BCUT2D eigenvalue weighted by Gasteiger charge is -2.40. The number of guanidine groups is 1. The van der Waals surface area contributed by atoms with Gasteiger partial charge in [-0.25, -0.2) is 0 Å². The molecule has 1 aliphatic heterocycles. The number of carbonyl (C=O) groups is 1. The van der Waals surface area contributed by atoms with Crippen molar-refractivity contribution in [3.05, 3.63) is 35.4 Å². The average Bonchev–Trinajstić information content (AvgIpc) is 3.08. The summed E-state index contributed by atoms with van der Waals surface area (Å²) in [4.78, 5) is 19.2. The number of amides is 1. The Hall–Kier alpha value is -1.31. The summed E-state index contributed by atoms with van der Waals surface area (Å²) in [5.41, 5.74) is 3.00. The average molecular weight is 498 g/mol. The lowest BCUT2D eigenvalue weighted by Crippen LogP contribution is -2.40. The molecule has 1 heterocycles. The number of hydrogen-bond donors (Lipinski definition) is 2. The fourth-order valence-corrected chi connectivity index (χ4v) is 4.00. The first-order chi connectivity index (χ1) is 13.2. The highest BCUT2D eigenvalue weighted by Crippen LogP contribution is 2.43. The zero-order valence-electron chi connectivity index (χ0n) is 17.3. The van der Waals surface area contributed by atoms with Crippen LogP contribution in [0.3, 0.4) is 0 Å². The second-order valence-corrected chi connectivity index (χ2v) is 7.95. The van der Waals surface area contributed by atoms with E-state index in [9.17, 15) is 4.79 Å². The van der Waals surface area contributed by atoms with Crippen LogP contribution in [0.25, 0.3) is 0 Å². The van der Waals surface area contributed by atoms with Crippen LogP contribution in [0.2, 0.25) is 0 Å². The minimum atomic E-state index is 0. The highest BCUT2D eigenvalue weighted by Gasteiger charge is 2.34. The van der Waals surface area contributed by atoms with Gasteiger partial charge in [-0.05, 0) is 49.1 Å². The molecule has 2 N–H and O–H groups in total. The smallest absolute Gasteiger partial charge is 0.223 e. The van der Waals surface area contributed by atoms with E-state index in [0.29, 0.717) is 11.8 Å². The molecule has 0 spiro atoms. The van der Waals surface area contributed by atoms with Crippen LogP contribution >= 0.6 is 24.0 Å². The van der Waals surface area contributed by atoms with Crippen molar-refractivity contribution in [1.82, 2.24) is 15.5 Å². The third-order valence-electron chi connectivity index (χ3n) is 6.13. The van der Waals surface area contributed by atoms with Crippen LogP contribution in [-0.2, 0) is 17.9 Å². The van der Waals surface area contributed by atoms with Crippen molar-refractivity contribution in [3.63, 3.8) is 0 Å². The van der Waals surface area contributed by atoms with Crippen molar-refractivity contribution in [2.75, 3.05) is 19.6 Å². The van der Waals surface area contributed by atoms with Gasteiger partial charge in [0.2, 0.25) is 5.91 Å². The number of fused-ring (bicyclic) bond motifs is 1. The molecule has 1 saturated carbocycles. The number of benzene rings is 1. The minimum absolute atomic E-state index is 0. The van der Waals surface area contributed by atoms with Crippen LogP contribution in [0.5, 0.6) is 0 Å². The van der Waals surface area contributed by atoms with Crippen molar-refractivity contribution in [2.45, 2.75) is 65.5 Å². The van der Waals surface area contributed by atoms with Gasteiger partial charge in [0, 0.05) is 39.1 Å². The van der Waals surface area contributed by atoms with Crippen LogP contribution in [0, 0.1) is 5.41 Å². The maximum absolute atomic E-state index is 12.5. The van der Waals surface area contributed by atoms with Crippen molar-refractivity contribution >= 4 is 35.8 Å². The predicted octanol–water partition coefficient (Wildman–Crippen LogP) is 4.06. The largest absolute Gasteiger partial charge is 0.357 e. The number of hydrogen-bond acceptors (Lipinski definition) is 2. The number of aliphatic imine (C=N–C) groups is 1. The molecule has 156 valence electrons. The molecule has 0 bridgehead atoms. The lowest BCUT2D eigenvalue weighted by molar-refractivity contribution is -0.131. The summed E-state index contributed by atoms with van der Waals surface area (Å²) in [5, 5.41) is 6.72. The minimum Gasteiger partial charge on any atom is -0.357 e. The van der Waals surface area contributed by atoms with Crippen LogP contribution in [-0.4, -0.2) is 36.4 Å². The van der Waals surface area contributed by atoms with Crippen molar-refractivity contribution in [2.24, 2.45) is 10.4 Å². The van der Waals surface area contributed by atoms with Crippen molar-refractivity contribution < 1.29 is 4.79 Å². The van der Waals surface area contributed by atoms with E-state index in [4.69, 9.17) is 4.99 Å². The number of carbonyl (C=O) groups excluding carboxylic acids is 1. The Morgan fingerprint density at radius 3 is 2.36 bits per heavy atom. The molecule has 0 saturated heterocycles. The first-order valence-electron chi connectivity index (χ1n) is 10.5. The van der Waals surface area contributed by atoms with Gasteiger partial charge in [0.05, 0.1) is 0 Å². The van der Waals surface area contributed by atoms with Crippen LogP contribution in [0.4, 0.5) is 0 Å². The van der Waals surface area contributed by atoms with Gasteiger partial charge in [-0.1, -0.05) is 37.6 Å². The SMILES string of the molecule is CCNC(=NCC1(CC)CCC1)NCCCC(=O)N1Cc2ccccc2C1.I. The van der Waals surface area contributed by atoms with E-state index in [1.165, 1.54) is 36.8 Å². The molecule has 0 aromatic heterocycles. The first kappa shape index (κ1) is 23.0. The molecule has 0 atom stereocenters. The lowest BCUT2D eigenvalue weighted by atomic mass is 9.67. The second kappa shape index (κ2) is 11.0. The van der Waals surface area contributed by atoms with Crippen LogP contribution in [0.15, 0.2) is 29.3 Å².